The number of esters is 1. The maximum absolute atomic E-state index is 12.2. The largest absolute Gasteiger partial charge is 0.463 e. The van der Waals surface area contributed by atoms with E-state index < -0.39 is 0 Å². The Balaban J connectivity index is 1.65. The highest BCUT2D eigenvalue weighted by Gasteiger charge is 2.17. The number of H-pyrrole nitrogens is 1. The molecular weight excluding hydrogens is 326 g/mol. The molecule has 1 N–H and O–H groups in total. The number of ether oxygens (including phenoxy) is 2. The van der Waals surface area contributed by atoms with E-state index in [1.807, 2.05) is 4.90 Å². The Morgan fingerprint density at radius 3 is 3.00 bits per heavy atom. The topological polar surface area (TPSA) is 102 Å². The van der Waals surface area contributed by atoms with Crippen LogP contribution in [0.5, 0.6) is 6.01 Å². The van der Waals surface area contributed by atoms with Crippen molar-refractivity contribution in [2.45, 2.75) is 32.7 Å². The monoisotopic (exact) mass is 349 g/mol. The molecule has 1 fully saturated rings. The van der Waals surface area contributed by atoms with E-state index in [-0.39, 0.29) is 17.7 Å². The minimum Gasteiger partial charge on any atom is -0.463 e. The normalized spacial score (nSPS) is 15.5. The van der Waals surface area contributed by atoms with E-state index in [9.17, 15) is 9.59 Å². The van der Waals surface area contributed by atoms with Gasteiger partial charge in [-0.05, 0) is 12.8 Å². The first-order chi connectivity index (χ1) is 12.2. The van der Waals surface area contributed by atoms with E-state index in [1.54, 1.807) is 10.8 Å². The molecule has 9 nitrogen and oxygen atoms in total. The van der Waals surface area contributed by atoms with Gasteiger partial charge >= 0.3 is 17.7 Å². The lowest BCUT2D eigenvalue weighted by atomic mass is 10.3. The first-order valence-electron chi connectivity index (χ1n) is 8.63. The van der Waals surface area contributed by atoms with Crippen LogP contribution in [-0.2, 0) is 16.1 Å². The molecule has 0 atom stereocenters. The molecule has 0 radical (unpaired) electrons. The second-order valence-corrected chi connectivity index (χ2v) is 6.02. The Morgan fingerprint density at radius 2 is 2.20 bits per heavy atom. The number of carbonyl (C=O) groups excluding carboxylic acids is 1. The molecule has 3 rings (SSSR count). The van der Waals surface area contributed by atoms with Crippen LogP contribution in [0.3, 0.4) is 0 Å². The second-order valence-electron chi connectivity index (χ2n) is 6.02. The van der Waals surface area contributed by atoms with Crippen LogP contribution in [0.2, 0.25) is 0 Å². The van der Waals surface area contributed by atoms with Crippen LogP contribution in [0.15, 0.2) is 11.0 Å². The SMILES string of the molecule is CCCCOc1ncc2[nH]c(=O)n(CCCN3CCOC(=O)C3)c2n1. The second kappa shape index (κ2) is 8.11. The van der Waals surface area contributed by atoms with E-state index in [2.05, 4.69) is 21.9 Å². The Bertz CT molecular complexity index is 784. The van der Waals surface area contributed by atoms with Gasteiger partial charge in [0, 0.05) is 19.6 Å². The van der Waals surface area contributed by atoms with Gasteiger partial charge in [0.15, 0.2) is 5.65 Å². The molecule has 0 unspecified atom stereocenters. The van der Waals surface area contributed by atoms with Crippen LogP contribution in [0.1, 0.15) is 26.2 Å². The molecular formula is C16H23N5O4. The Hall–Kier alpha value is -2.42. The highest BCUT2D eigenvalue weighted by Crippen LogP contribution is 2.11. The number of aryl methyl sites for hydroxylation is 1. The van der Waals surface area contributed by atoms with Crippen molar-refractivity contribution in [3.8, 4) is 6.01 Å². The summed E-state index contributed by atoms with van der Waals surface area (Å²) in [7, 11) is 0. The van der Waals surface area contributed by atoms with Crippen molar-refractivity contribution in [2.75, 3.05) is 32.8 Å². The van der Waals surface area contributed by atoms with Crippen LogP contribution in [-0.4, -0.2) is 63.2 Å². The summed E-state index contributed by atoms with van der Waals surface area (Å²) in [6.07, 6.45) is 4.26. The fraction of sp³-hybridized carbons (Fsp3) is 0.625. The van der Waals surface area contributed by atoms with E-state index in [4.69, 9.17) is 9.47 Å². The van der Waals surface area contributed by atoms with Crippen LogP contribution in [0.4, 0.5) is 0 Å². The standard InChI is InChI=1S/C16H23N5O4/c1-2-3-8-25-15-17-10-12-14(19-15)21(16(23)18-12)6-4-5-20-7-9-24-13(22)11-20/h10H,2-9,11H2,1H3,(H,18,23). The lowest BCUT2D eigenvalue weighted by molar-refractivity contribution is -0.150. The first kappa shape index (κ1) is 17.4. The van der Waals surface area contributed by atoms with Crippen LogP contribution >= 0.6 is 0 Å². The number of nitrogens with one attached hydrogen (secondary N) is 1. The van der Waals surface area contributed by atoms with Crippen molar-refractivity contribution in [3.63, 3.8) is 0 Å². The summed E-state index contributed by atoms with van der Waals surface area (Å²) in [6, 6.07) is 0.285. The summed E-state index contributed by atoms with van der Waals surface area (Å²) in [5.74, 6) is -0.197. The Labute approximate surface area is 145 Å². The van der Waals surface area contributed by atoms with E-state index >= 15 is 0 Å². The van der Waals surface area contributed by atoms with Gasteiger partial charge in [0.05, 0.1) is 19.3 Å². The highest BCUT2D eigenvalue weighted by atomic mass is 16.5. The van der Waals surface area contributed by atoms with Crippen molar-refractivity contribution in [3.05, 3.63) is 16.7 Å². The molecule has 2 aromatic heterocycles. The Morgan fingerprint density at radius 1 is 1.32 bits per heavy atom. The number of fused-ring (bicyclic) bond motifs is 1. The third kappa shape index (κ3) is 4.36. The quantitative estimate of drug-likeness (QED) is 0.548. The van der Waals surface area contributed by atoms with E-state index in [1.165, 1.54) is 0 Å². The number of aromatic nitrogens is 4. The third-order valence-electron chi connectivity index (χ3n) is 4.10. The molecule has 1 aliphatic heterocycles. The number of rotatable bonds is 8. The van der Waals surface area contributed by atoms with Crippen LogP contribution in [0.25, 0.3) is 11.2 Å². The minimum absolute atomic E-state index is 0.197. The summed E-state index contributed by atoms with van der Waals surface area (Å²) >= 11 is 0. The van der Waals surface area contributed by atoms with Gasteiger partial charge in [0.2, 0.25) is 0 Å². The zero-order valence-electron chi connectivity index (χ0n) is 14.4. The molecule has 9 heteroatoms. The van der Waals surface area contributed by atoms with E-state index in [0.717, 1.165) is 32.4 Å². The molecule has 1 saturated heterocycles. The molecule has 0 aliphatic carbocycles. The number of hydrogen-bond acceptors (Lipinski definition) is 7. The average molecular weight is 349 g/mol. The van der Waals surface area contributed by atoms with Crippen molar-refractivity contribution in [2.24, 2.45) is 0 Å². The molecule has 0 spiro atoms. The van der Waals surface area contributed by atoms with Crippen molar-refractivity contribution >= 4 is 17.1 Å². The number of imidazole rings is 1. The molecule has 3 heterocycles. The molecule has 0 bridgehead atoms. The minimum atomic E-state index is -0.215. The molecule has 2 aromatic rings. The summed E-state index contributed by atoms with van der Waals surface area (Å²) in [4.78, 5) is 36.7. The summed E-state index contributed by atoms with van der Waals surface area (Å²) in [5.41, 5.74) is 0.923. The predicted octanol–water partition coefficient (Wildman–Crippen LogP) is 0.547. The lowest BCUT2D eigenvalue weighted by Crippen LogP contribution is -2.40. The van der Waals surface area contributed by atoms with Crippen molar-refractivity contribution in [1.29, 1.82) is 0 Å². The van der Waals surface area contributed by atoms with Gasteiger partial charge in [-0.25, -0.2) is 9.78 Å². The van der Waals surface area contributed by atoms with Gasteiger partial charge in [0.25, 0.3) is 0 Å². The molecule has 1 aliphatic rings. The number of hydrogen-bond donors (Lipinski definition) is 1. The summed E-state index contributed by atoms with van der Waals surface area (Å²) in [5, 5.41) is 0. The predicted molar refractivity (Wildman–Crippen MR) is 90.6 cm³/mol. The van der Waals surface area contributed by atoms with Crippen LogP contribution in [0, 0.1) is 0 Å². The van der Waals surface area contributed by atoms with E-state index in [0.29, 0.717) is 37.5 Å². The van der Waals surface area contributed by atoms with Gasteiger partial charge in [-0.1, -0.05) is 13.3 Å². The molecule has 0 amide bonds. The summed E-state index contributed by atoms with van der Waals surface area (Å²) in [6.45, 7) is 5.33. The fourth-order valence-electron chi connectivity index (χ4n) is 2.75. The third-order valence-corrected chi connectivity index (χ3v) is 4.10. The smallest absolute Gasteiger partial charge is 0.327 e. The van der Waals surface area contributed by atoms with Gasteiger partial charge in [-0.3, -0.25) is 14.3 Å². The molecule has 136 valence electrons. The number of nitrogens with zero attached hydrogens (tertiary/aromatic N) is 4. The zero-order chi connectivity index (χ0) is 17.6. The maximum atomic E-state index is 12.2. The first-order valence-corrected chi connectivity index (χ1v) is 8.63. The zero-order valence-corrected chi connectivity index (χ0v) is 14.4. The number of morpholine rings is 1. The molecule has 0 aromatic carbocycles. The van der Waals surface area contributed by atoms with Gasteiger partial charge in [-0.2, -0.15) is 4.98 Å². The lowest BCUT2D eigenvalue weighted by Gasteiger charge is -2.25. The number of unbranched alkanes of at least 4 members (excludes halogenated alkanes) is 1. The van der Waals surface area contributed by atoms with Crippen LogP contribution < -0.4 is 10.4 Å². The number of cyclic esters (lactones) is 1. The average Bonchev–Trinajstić information content (AvgIpc) is 2.90. The van der Waals surface area contributed by atoms with Gasteiger partial charge < -0.3 is 14.5 Å². The van der Waals surface area contributed by atoms with Gasteiger partial charge in [0.1, 0.15) is 12.1 Å². The number of aromatic amines is 1. The summed E-state index contributed by atoms with van der Waals surface area (Å²) < 4.78 is 12.0. The highest BCUT2D eigenvalue weighted by molar-refractivity contribution is 5.72. The molecule has 25 heavy (non-hydrogen) atoms. The van der Waals surface area contributed by atoms with Crippen molar-refractivity contribution in [1.82, 2.24) is 24.4 Å². The Kier molecular flexibility index (Phi) is 5.64. The van der Waals surface area contributed by atoms with Crippen molar-refractivity contribution < 1.29 is 14.3 Å². The molecule has 0 saturated carbocycles. The van der Waals surface area contributed by atoms with Gasteiger partial charge in [-0.15, -0.1) is 0 Å². The fourth-order valence-corrected chi connectivity index (χ4v) is 2.75. The number of carbonyl (C=O) groups is 1. The maximum Gasteiger partial charge on any atom is 0.327 e.